The molecule has 7 nitrogen and oxygen atoms in total. The first-order valence-electron chi connectivity index (χ1n) is 12.8. The number of benzene rings is 3. The summed E-state index contributed by atoms with van der Waals surface area (Å²) in [5, 5.41) is 3.32. The molecule has 10 heteroatoms. The van der Waals surface area contributed by atoms with Crippen LogP contribution in [0.3, 0.4) is 0 Å². The van der Waals surface area contributed by atoms with E-state index in [9.17, 15) is 18.0 Å². The average molecular weight is 591 g/mol. The lowest BCUT2D eigenvalue weighted by Crippen LogP contribution is -2.52. The van der Waals surface area contributed by atoms with Gasteiger partial charge in [0.1, 0.15) is 12.6 Å². The van der Waals surface area contributed by atoms with Gasteiger partial charge in [-0.15, -0.1) is 0 Å². The molecular formula is C29H33Cl2N3O4S. The number of hydrogen-bond acceptors (Lipinski definition) is 4. The number of carbonyl (C=O) groups is 2. The molecule has 0 saturated heterocycles. The first-order valence-corrected chi connectivity index (χ1v) is 15.0. The molecule has 0 bridgehead atoms. The number of rotatable bonds is 13. The van der Waals surface area contributed by atoms with Crippen LogP contribution < -0.4 is 9.62 Å². The van der Waals surface area contributed by atoms with Gasteiger partial charge in [-0.05, 0) is 48.7 Å². The molecule has 1 N–H and O–H groups in total. The van der Waals surface area contributed by atoms with Gasteiger partial charge < -0.3 is 10.2 Å². The lowest BCUT2D eigenvalue weighted by atomic mass is 10.1. The predicted octanol–water partition coefficient (Wildman–Crippen LogP) is 5.91. The molecule has 0 fully saturated rings. The normalized spacial score (nSPS) is 12.0. The van der Waals surface area contributed by atoms with Crippen LogP contribution in [-0.4, -0.2) is 44.3 Å². The fourth-order valence-corrected chi connectivity index (χ4v) is 5.81. The molecule has 0 saturated carbocycles. The molecular weight excluding hydrogens is 557 g/mol. The molecule has 3 rings (SSSR count). The van der Waals surface area contributed by atoms with Gasteiger partial charge in [0.15, 0.2) is 0 Å². The van der Waals surface area contributed by atoms with E-state index in [-0.39, 0.29) is 33.1 Å². The van der Waals surface area contributed by atoms with Crippen molar-refractivity contribution in [3.8, 4) is 0 Å². The highest BCUT2D eigenvalue weighted by molar-refractivity contribution is 7.92. The topological polar surface area (TPSA) is 86.8 Å². The maximum absolute atomic E-state index is 14.0. The van der Waals surface area contributed by atoms with Crippen LogP contribution in [0, 0.1) is 0 Å². The number of amides is 2. The van der Waals surface area contributed by atoms with Crippen molar-refractivity contribution >= 4 is 50.7 Å². The van der Waals surface area contributed by atoms with E-state index < -0.39 is 28.5 Å². The van der Waals surface area contributed by atoms with Crippen molar-refractivity contribution in [3.05, 3.63) is 94.5 Å². The zero-order chi connectivity index (χ0) is 28.4. The monoisotopic (exact) mass is 589 g/mol. The molecule has 0 aliphatic heterocycles. The van der Waals surface area contributed by atoms with E-state index in [0.29, 0.717) is 13.0 Å². The summed E-state index contributed by atoms with van der Waals surface area (Å²) in [4.78, 5) is 28.6. The Kier molecular flexibility index (Phi) is 11.2. The number of carbonyl (C=O) groups excluding carboxylic acids is 2. The van der Waals surface area contributed by atoms with Crippen molar-refractivity contribution in [1.29, 1.82) is 0 Å². The zero-order valence-electron chi connectivity index (χ0n) is 22.0. The molecule has 0 unspecified atom stereocenters. The van der Waals surface area contributed by atoms with Crippen molar-refractivity contribution in [2.75, 3.05) is 17.4 Å². The summed E-state index contributed by atoms with van der Waals surface area (Å²) < 4.78 is 28.6. The third-order valence-electron chi connectivity index (χ3n) is 6.21. The molecule has 39 heavy (non-hydrogen) atoms. The highest BCUT2D eigenvalue weighted by Gasteiger charge is 2.33. The number of sulfonamides is 1. The van der Waals surface area contributed by atoms with Gasteiger partial charge in [0, 0.05) is 13.1 Å². The van der Waals surface area contributed by atoms with Crippen molar-refractivity contribution in [2.45, 2.75) is 50.6 Å². The van der Waals surface area contributed by atoms with Gasteiger partial charge in [-0.2, -0.15) is 0 Å². The fourth-order valence-electron chi connectivity index (χ4n) is 4.09. The molecule has 208 valence electrons. The second-order valence-corrected chi connectivity index (χ2v) is 11.7. The van der Waals surface area contributed by atoms with Gasteiger partial charge in [-0.3, -0.25) is 13.9 Å². The van der Waals surface area contributed by atoms with Crippen molar-refractivity contribution < 1.29 is 18.0 Å². The van der Waals surface area contributed by atoms with Crippen LogP contribution in [0.25, 0.3) is 0 Å². The van der Waals surface area contributed by atoms with Crippen LogP contribution in [0.1, 0.15) is 38.7 Å². The van der Waals surface area contributed by atoms with Gasteiger partial charge in [-0.25, -0.2) is 8.42 Å². The fraction of sp³-hybridized carbons (Fsp3) is 0.310. The van der Waals surface area contributed by atoms with E-state index in [0.717, 1.165) is 22.7 Å². The summed E-state index contributed by atoms with van der Waals surface area (Å²) >= 11 is 12.3. The van der Waals surface area contributed by atoms with Gasteiger partial charge in [0.2, 0.25) is 11.8 Å². The third-order valence-corrected chi connectivity index (χ3v) is 8.74. The molecule has 0 heterocycles. The second-order valence-electron chi connectivity index (χ2n) is 9.00. The molecule has 2 amide bonds. The third kappa shape index (κ3) is 7.97. The van der Waals surface area contributed by atoms with E-state index in [2.05, 4.69) is 5.32 Å². The SMILES string of the molecule is CCCCNC(=O)[C@@H](CC)N(Cc1ccccc1)C(=O)CN(c1ccc(Cl)c(Cl)c1)S(=O)(=O)c1ccccc1. The van der Waals surface area contributed by atoms with Gasteiger partial charge in [0.25, 0.3) is 10.0 Å². The Balaban J connectivity index is 2.03. The Labute approximate surface area is 240 Å². The highest BCUT2D eigenvalue weighted by atomic mass is 35.5. The lowest BCUT2D eigenvalue weighted by Gasteiger charge is -2.33. The minimum absolute atomic E-state index is 0.0165. The summed E-state index contributed by atoms with van der Waals surface area (Å²) in [6.07, 6.45) is 2.09. The van der Waals surface area contributed by atoms with Gasteiger partial charge in [0.05, 0.1) is 20.6 Å². The maximum Gasteiger partial charge on any atom is 0.264 e. The molecule has 0 aliphatic rings. The number of anilines is 1. The zero-order valence-corrected chi connectivity index (χ0v) is 24.3. The molecule has 3 aromatic carbocycles. The summed E-state index contributed by atoms with van der Waals surface area (Å²) in [5.41, 5.74) is 0.999. The lowest BCUT2D eigenvalue weighted by molar-refractivity contribution is -0.140. The van der Waals surface area contributed by atoms with E-state index in [1.807, 2.05) is 44.2 Å². The number of hydrogen-bond donors (Lipinski definition) is 1. The average Bonchev–Trinajstić information content (AvgIpc) is 2.94. The van der Waals surface area contributed by atoms with Crippen LogP contribution in [-0.2, 0) is 26.2 Å². The van der Waals surface area contributed by atoms with Crippen molar-refractivity contribution in [3.63, 3.8) is 0 Å². The van der Waals surface area contributed by atoms with E-state index in [1.54, 1.807) is 18.2 Å². The number of nitrogens with zero attached hydrogens (tertiary/aromatic N) is 2. The first-order chi connectivity index (χ1) is 18.7. The standard InChI is InChI=1S/C29H33Cl2N3O4S/c1-3-5-18-32-29(36)27(4-2)33(20-22-12-8-6-9-13-22)28(35)21-34(23-16-17-25(30)26(31)19-23)39(37,38)24-14-10-7-11-15-24/h6-17,19,27H,3-5,18,20-21H2,1-2H3,(H,32,36)/t27-/m1/s1. The minimum atomic E-state index is -4.17. The molecule has 0 spiro atoms. The van der Waals surface area contributed by atoms with Crippen molar-refractivity contribution in [1.82, 2.24) is 10.2 Å². The summed E-state index contributed by atoms with van der Waals surface area (Å²) in [6.45, 7) is 3.95. The summed E-state index contributed by atoms with van der Waals surface area (Å²) in [5.74, 6) is -0.802. The Bertz CT molecular complexity index is 1360. The largest absolute Gasteiger partial charge is 0.354 e. The summed E-state index contributed by atoms with van der Waals surface area (Å²) in [7, 11) is -4.17. The van der Waals surface area contributed by atoms with E-state index in [1.165, 1.54) is 35.2 Å². The van der Waals surface area contributed by atoms with E-state index >= 15 is 0 Å². The summed E-state index contributed by atoms with van der Waals surface area (Å²) in [6, 6.07) is 20.7. The van der Waals surface area contributed by atoms with Crippen molar-refractivity contribution in [2.24, 2.45) is 0 Å². The second kappa shape index (κ2) is 14.4. The van der Waals surface area contributed by atoms with Gasteiger partial charge in [-0.1, -0.05) is 92.0 Å². The molecule has 0 radical (unpaired) electrons. The molecule has 0 aromatic heterocycles. The van der Waals surface area contributed by atoms with Crippen LogP contribution >= 0.6 is 23.2 Å². The first kappa shape index (κ1) is 30.5. The number of halogens is 2. The maximum atomic E-state index is 14.0. The number of nitrogens with one attached hydrogen (secondary N) is 1. The van der Waals surface area contributed by atoms with Gasteiger partial charge >= 0.3 is 0 Å². The minimum Gasteiger partial charge on any atom is -0.354 e. The molecule has 1 atom stereocenters. The Morgan fingerprint density at radius 3 is 2.13 bits per heavy atom. The smallest absolute Gasteiger partial charge is 0.264 e. The van der Waals surface area contributed by atoms with Crippen LogP contribution in [0.4, 0.5) is 5.69 Å². The number of unbranched alkanes of at least 4 members (excludes halogenated alkanes) is 1. The Morgan fingerprint density at radius 1 is 0.897 bits per heavy atom. The Morgan fingerprint density at radius 2 is 1.54 bits per heavy atom. The highest BCUT2D eigenvalue weighted by Crippen LogP contribution is 2.31. The van der Waals surface area contributed by atoms with Crippen LogP contribution in [0.15, 0.2) is 83.8 Å². The van der Waals surface area contributed by atoms with E-state index in [4.69, 9.17) is 23.2 Å². The molecule has 0 aliphatic carbocycles. The molecule has 3 aromatic rings. The quantitative estimate of drug-likeness (QED) is 0.251. The predicted molar refractivity (Wildman–Crippen MR) is 156 cm³/mol. The Hall–Kier alpha value is -3.07. The van der Waals surface area contributed by atoms with Crippen LogP contribution in [0.2, 0.25) is 10.0 Å². The van der Waals surface area contributed by atoms with Crippen LogP contribution in [0.5, 0.6) is 0 Å².